The summed E-state index contributed by atoms with van der Waals surface area (Å²) in [7, 11) is 0. The predicted molar refractivity (Wildman–Crippen MR) is 114 cm³/mol. The summed E-state index contributed by atoms with van der Waals surface area (Å²) in [6.07, 6.45) is -5.48. The molecule has 0 bridgehead atoms. The maximum atomic E-state index is 13.4. The topological polar surface area (TPSA) is 58.6 Å². The number of nitrogens with one attached hydrogen (secondary N) is 1. The van der Waals surface area contributed by atoms with Gasteiger partial charge in [-0.05, 0) is 40.3 Å². The van der Waals surface area contributed by atoms with Gasteiger partial charge in [-0.25, -0.2) is 4.79 Å². The number of alkyl halides is 3. The molecule has 4 nitrogen and oxygen atoms in total. The minimum absolute atomic E-state index is 0.0482. The summed E-state index contributed by atoms with van der Waals surface area (Å²) in [5.74, 6) is -0.160. The van der Waals surface area contributed by atoms with Gasteiger partial charge in [-0.1, -0.05) is 66.7 Å². The number of halogens is 3. The summed E-state index contributed by atoms with van der Waals surface area (Å²) in [6.45, 7) is -0.340. The molecule has 0 saturated carbocycles. The summed E-state index contributed by atoms with van der Waals surface area (Å²) in [5.41, 5.74) is 3.27. The Labute approximate surface area is 183 Å². The molecule has 1 aliphatic carbocycles. The molecule has 0 fully saturated rings. The summed E-state index contributed by atoms with van der Waals surface area (Å²) in [6, 6.07) is 19.7. The van der Waals surface area contributed by atoms with Crippen molar-refractivity contribution in [3.8, 4) is 11.1 Å². The van der Waals surface area contributed by atoms with E-state index in [0.29, 0.717) is 0 Å². The van der Waals surface area contributed by atoms with Crippen molar-refractivity contribution < 1.29 is 27.8 Å². The van der Waals surface area contributed by atoms with E-state index in [1.165, 1.54) is 18.2 Å². The van der Waals surface area contributed by atoms with Crippen LogP contribution in [0.15, 0.2) is 72.8 Å². The van der Waals surface area contributed by atoms with E-state index in [1.54, 1.807) is 0 Å². The molecule has 0 saturated heterocycles. The summed E-state index contributed by atoms with van der Waals surface area (Å²) in [5, 5.41) is 11.8. The van der Waals surface area contributed by atoms with Crippen LogP contribution >= 0.6 is 0 Å². The molecular formula is C25H22F3NO3. The highest BCUT2D eigenvalue weighted by Crippen LogP contribution is 2.44. The van der Waals surface area contributed by atoms with Crippen LogP contribution in [0.3, 0.4) is 0 Å². The van der Waals surface area contributed by atoms with Gasteiger partial charge in [0.2, 0.25) is 0 Å². The third-order valence-corrected chi connectivity index (χ3v) is 5.70. The Hall–Kier alpha value is -3.32. The number of rotatable bonds is 6. The Morgan fingerprint density at radius 2 is 1.50 bits per heavy atom. The van der Waals surface area contributed by atoms with Crippen LogP contribution in [0.1, 0.15) is 40.6 Å². The number of benzene rings is 3. The number of hydrogen-bond acceptors (Lipinski definition) is 3. The number of fused-ring (bicyclic) bond motifs is 3. The van der Waals surface area contributed by atoms with Gasteiger partial charge >= 0.3 is 12.3 Å². The average Bonchev–Trinajstić information content (AvgIpc) is 3.11. The molecule has 2 N–H and O–H groups in total. The molecule has 0 radical (unpaired) electrons. The van der Waals surface area contributed by atoms with Crippen molar-refractivity contribution in [1.29, 1.82) is 0 Å². The number of aliphatic hydroxyl groups excluding tert-OH is 1. The largest absolute Gasteiger partial charge is 0.449 e. The lowest BCUT2D eigenvalue weighted by Crippen LogP contribution is -2.32. The molecule has 0 aromatic heterocycles. The first-order valence-electron chi connectivity index (χ1n) is 10.3. The molecule has 0 aliphatic heterocycles. The lowest BCUT2D eigenvalue weighted by Gasteiger charge is -2.23. The number of carbonyl (C=O) groups is 1. The van der Waals surface area contributed by atoms with Crippen molar-refractivity contribution in [2.24, 2.45) is 0 Å². The van der Waals surface area contributed by atoms with Crippen LogP contribution in [0, 0.1) is 0 Å². The van der Waals surface area contributed by atoms with Crippen LogP contribution in [0.25, 0.3) is 11.1 Å². The Morgan fingerprint density at radius 3 is 2.09 bits per heavy atom. The van der Waals surface area contributed by atoms with Crippen molar-refractivity contribution in [1.82, 2.24) is 5.32 Å². The first kappa shape index (κ1) is 21.9. The fourth-order valence-electron chi connectivity index (χ4n) is 4.28. The SMILES string of the molecule is O=C(NC(CCO)c1ccccc1C(F)(F)F)OCC1c2ccccc2-c2ccccc21. The monoisotopic (exact) mass is 441 g/mol. The predicted octanol–water partition coefficient (Wildman–Crippen LogP) is 5.67. The lowest BCUT2D eigenvalue weighted by atomic mass is 9.97. The van der Waals surface area contributed by atoms with Gasteiger partial charge < -0.3 is 15.2 Å². The second-order valence-corrected chi connectivity index (χ2v) is 7.62. The Morgan fingerprint density at radius 1 is 0.938 bits per heavy atom. The molecule has 7 heteroatoms. The molecule has 0 spiro atoms. The smallest absolute Gasteiger partial charge is 0.416 e. The quantitative estimate of drug-likeness (QED) is 0.518. The van der Waals surface area contributed by atoms with Crippen LogP contribution in [-0.4, -0.2) is 24.4 Å². The minimum Gasteiger partial charge on any atom is -0.449 e. The third-order valence-electron chi connectivity index (χ3n) is 5.70. The van der Waals surface area contributed by atoms with Crippen molar-refractivity contribution in [3.63, 3.8) is 0 Å². The number of hydrogen-bond donors (Lipinski definition) is 2. The van der Waals surface area contributed by atoms with Crippen molar-refractivity contribution in [2.45, 2.75) is 24.6 Å². The number of amides is 1. The molecule has 3 aromatic carbocycles. The van der Waals surface area contributed by atoms with Crippen LogP contribution in [-0.2, 0) is 10.9 Å². The number of aliphatic hydroxyl groups is 1. The van der Waals surface area contributed by atoms with Gasteiger partial charge in [-0.3, -0.25) is 0 Å². The molecule has 32 heavy (non-hydrogen) atoms. The van der Waals surface area contributed by atoms with Crippen molar-refractivity contribution >= 4 is 6.09 Å². The highest BCUT2D eigenvalue weighted by Gasteiger charge is 2.35. The third kappa shape index (κ3) is 4.34. The first-order valence-corrected chi connectivity index (χ1v) is 10.3. The van der Waals surface area contributed by atoms with Crippen molar-refractivity contribution in [2.75, 3.05) is 13.2 Å². The van der Waals surface area contributed by atoms with E-state index in [4.69, 9.17) is 4.74 Å². The van der Waals surface area contributed by atoms with Gasteiger partial charge in [-0.2, -0.15) is 13.2 Å². The molecule has 1 aliphatic rings. The standard InChI is InChI=1S/C25H22F3NO3/c26-25(27,28)22-12-6-5-11-20(22)23(13-14-30)29-24(31)32-15-21-18-9-3-1-7-16(18)17-8-2-4-10-19(17)21/h1-12,21,23,30H,13-15H2,(H,29,31). The van der Waals surface area contributed by atoms with E-state index in [2.05, 4.69) is 5.32 Å². The maximum Gasteiger partial charge on any atom is 0.416 e. The Bertz CT molecular complexity index is 1070. The van der Waals surface area contributed by atoms with Crippen LogP contribution in [0.4, 0.5) is 18.0 Å². The number of ether oxygens (including phenoxy) is 1. The lowest BCUT2D eigenvalue weighted by molar-refractivity contribution is -0.138. The average molecular weight is 441 g/mol. The second-order valence-electron chi connectivity index (χ2n) is 7.62. The highest BCUT2D eigenvalue weighted by atomic mass is 19.4. The summed E-state index contributed by atoms with van der Waals surface area (Å²) in [4.78, 5) is 12.5. The zero-order valence-electron chi connectivity index (χ0n) is 17.1. The number of carbonyl (C=O) groups excluding carboxylic acids is 1. The summed E-state index contributed by atoms with van der Waals surface area (Å²) >= 11 is 0. The van der Waals surface area contributed by atoms with Gasteiger partial charge in [-0.15, -0.1) is 0 Å². The molecule has 0 heterocycles. The van der Waals surface area contributed by atoms with Gasteiger partial charge in [0.25, 0.3) is 0 Å². The van der Waals surface area contributed by atoms with Crippen LogP contribution in [0.2, 0.25) is 0 Å². The normalized spacial score (nSPS) is 13.9. The molecular weight excluding hydrogens is 419 g/mol. The van der Waals surface area contributed by atoms with E-state index < -0.39 is 23.9 Å². The Kier molecular flexibility index (Phi) is 6.19. The van der Waals surface area contributed by atoms with Crippen LogP contribution in [0.5, 0.6) is 0 Å². The van der Waals surface area contributed by atoms with E-state index in [1.807, 2.05) is 48.5 Å². The molecule has 166 valence electrons. The van der Waals surface area contributed by atoms with E-state index in [-0.39, 0.29) is 31.1 Å². The fourth-order valence-corrected chi connectivity index (χ4v) is 4.28. The molecule has 4 rings (SSSR count). The first-order chi connectivity index (χ1) is 15.4. The van der Waals surface area contributed by atoms with E-state index in [0.717, 1.165) is 28.3 Å². The second kappa shape index (κ2) is 9.04. The fraction of sp³-hybridized carbons (Fsp3) is 0.240. The molecule has 1 atom stereocenters. The zero-order chi connectivity index (χ0) is 22.7. The maximum absolute atomic E-state index is 13.4. The van der Waals surface area contributed by atoms with Gasteiger partial charge in [0.15, 0.2) is 0 Å². The van der Waals surface area contributed by atoms with E-state index >= 15 is 0 Å². The van der Waals surface area contributed by atoms with Crippen LogP contribution < -0.4 is 5.32 Å². The van der Waals surface area contributed by atoms with Gasteiger partial charge in [0.1, 0.15) is 6.61 Å². The molecule has 3 aromatic rings. The van der Waals surface area contributed by atoms with E-state index in [9.17, 15) is 23.1 Å². The highest BCUT2D eigenvalue weighted by molar-refractivity contribution is 5.79. The zero-order valence-corrected chi connectivity index (χ0v) is 17.1. The summed E-state index contributed by atoms with van der Waals surface area (Å²) < 4.78 is 45.7. The minimum atomic E-state index is -4.58. The molecule has 1 unspecified atom stereocenters. The van der Waals surface area contributed by atoms with Crippen molar-refractivity contribution in [3.05, 3.63) is 95.1 Å². The Balaban J connectivity index is 1.50. The molecule has 1 amide bonds. The number of alkyl carbamates (subject to hydrolysis) is 1. The van der Waals surface area contributed by atoms with Gasteiger partial charge in [0.05, 0.1) is 11.6 Å². The van der Waals surface area contributed by atoms with Gasteiger partial charge in [0, 0.05) is 12.5 Å².